The summed E-state index contributed by atoms with van der Waals surface area (Å²) in [5.74, 6) is -0.127. The van der Waals surface area contributed by atoms with Gasteiger partial charge in [-0.15, -0.1) is 11.3 Å². The van der Waals surface area contributed by atoms with Gasteiger partial charge >= 0.3 is 0 Å². The Kier molecular flexibility index (Phi) is 4.63. The van der Waals surface area contributed by atoms with E-state index in [4.69, 9.17) is 16.9 Å². The Hall–Kier alpha value is -3.14. The van der Waals surface area contributed by atoms with E-state index in [1.54, 1.807) is 24.3 Å². The largest absolute Gasteiger partial charge is 0.326 e. The van der Waals surface area contributed by atoms with E-state index in [0.29, 0.717) is 16.3 Å². The maximum absolute atomic E-state index is 12.4. The van der Waals surface area contributed by atoms with E-state index in [1.165, 1.54) is 11.3 Å². The van der Waals surface area contributed by atoms with Gasteiger partial charge < -0.3 is 5.32 Å². The second kappa shape index (κ2) is 7.23. The smallest absolute Gasteiger partial charge is 0.230 e. The molecule has 0 aliphatic heterocycles. The number of anilines is 1. The number of hydrogen-bond acceptors (Lipinski definition) is 4. The number of nitrogens with one attached hydrogen (secondary N) is 1. The van der Waals surface area contributed by atoms with Gasteiger partial charge in [0.2, 0.25) is 5.91 Å². The van der Waals surface area contributed by atoms with Crippen molar-refractivity contribution in [3.8, 4) is 17.3 Å². The van der Waals surface area contributed by atoms with Crippen molar-refractivity contribution in [2.45, 2.75) is 6.42 Å². The maximum atomic E-state index is 12.4. The predicted molar refractivity (Wildman–Crippen MR) is 107 cm³/mol. The van der Waals surface area contributed by atoms with E-state index in [0.717, 1.165) is 21.9 Å². The first kappa shape index (κ1) is 17.3. The highest BCUT2D eigenvalue weighted by Crippen LogP contribution is 2.26. The van der Waals surface area contributed by atoms with Crippen molar-refractivity contribution >= 4 is 39.5 Å². The molecule has 1 amide bonds. The van der Waals surface area contributed by atoms with Crippen LogP contribution in [-0.2, 0) is 11.2 Å². The molecule has 0 aliphatic rings. The Balaban J connectivity index is 1.53. The van der Waals surface area contributed by atoms with Gasteiger partial charge in [-0.25, -0.2) is 4.98 Å². The van der Waals surface area contributed by atoms with E-state index in [1.807, 2.05) is 40.2 Å². The average Bonchev–Trinajstić information content (AvgIpc) is 3.24. The fraction of sp³-hybridized carbons (Fsp3) is 0.0500. The summed E-state index contributed by atoms with van der Waals surface area (Å²) in [6, 6.07) is 16.4. The zero-order chi connectivity index (χ0) is 18.8. The molecule has 0 saturated carbocycles. The van der Waals surface area contributed by atoms with Crippen LogP contribution in [0.15, 0.2) is 60.1 Å². The van der Waals surface area contributed by atoms with Crippen LogP contribution < -0.4 is 5.32 Å². The molecule has 1 N–H and O–H groups in total. The third-order valence-electron chi connectivity index (χ3n) is 4.04. The molecule has 0 bridgehead atoms. The van der Waals surface area contributed by atoms with Crippen LogP contribution in [0, 0.1) is 11.3 Å². The zero-order valence-electron chi connectivity index (χ0n) is 14.0. The number of nitrogens with zero attached hydrogens (tertiary/aromatic N) is 3. The lowest BCUT2D eigenvalue weighted by Gasteiger charge is -2.04. The van der Waals surface area contributed by atoms with Crippen molar-refractivity contribution in [3.05, 3.63) is 76.4 Å². The summed E-state index contributed by atoms with van der Waals surface area (Å²) in [4.78, 5) is 17.8. The first-order chi connectivity index (χ1) is 13.1. The van der Waals surface area contributed by atoms with Crippen LogP contribution in [0.5, 0.6) is 0 Å². The highest BCUT2D eigenvalue weighted by Gasteiger charge is 2.13. The highest BCUT2D eigenvalue weighted by atomic mass is 35.5. The molecule has 0 spiro atoms. The Labute approximate surface area is 164 Å². The Bertz CT molecular complexity index is 1170. The fourth-order valence-electron chi connectivity index (χ4n) is 2.74. The van der Waals surface area contributed by atoms with Crippen LogP contribution >= 0.6 is 22.9 Å². The molecule has 132 valence electrons. The van der Waals surface area contributed by atoms with Crippen LogP contribution in [0.25, 0.3) is 16.2 Å². The van der Waals surface area contributed by atoms with Crippen molar-refractivity contribution in [3.63, 3.8) is 0 Å². The van der Waals surface area contributed by atoms with E-state index in [2.05, 4.69) is 16.4 Å². The van der Waals surface area contributed by atoms with Gasteiger partial charge in [-0.1, -0.05) is 23.7 Å². The first-order valence-electron chi connectivity index (χ1n) is 8.14. The van der Waals surface area contributed by atoms with Gasteiger partial charge in [-0.05, 0) is 36.4 Å². The van der Waals surface area contributed by atoms with E-state index in [-0.39, 0.29) is 12.3 Å². The molecule has 2 aromatic carbocycles. The molecule has 4 rings (SSSR count). The van der Waals surface area contributed by atoms with Gasteiger partial charge in [-0.3, -0.25) is 9.20 Å². The minimum atomic E-state index is -0.127. The molecule has 27 heavy (non-hydrogen) atoms. The first-order valence-corrected chi connectivity index (χ1v) is 9.39. The Morgan fingerprint density at radius 1 is 1.26 bits per heavy atom. The molecule has 0 atom stereocenters. The molecule has 0 fully saturated rings. The number of aromatic nitrogens is 2. The van der Waals surface area contributed by atoms with Crippen molar-refractivity contribution in [2.24, 2.45) is 0 Å². The van der Waals surface area contributed by atoms with Gasteiger partial charge in [0.1, 0.15) is 0 Å². The molecular formula is C20H13ClN4OS. The standard InChI is InChI=1S/C20H13ClN4OS/c21-15-3-1-2-14(8-15)18-11-25-17(12-27-20(25)24-18)9-19(26)23-16-6-4-13(10-22)5-7-16/h1-8,11-12H,9H2,(H,23,26). The molecule has 2 aromatic heterocycles. The third kappa shape index (κ3) is 3.70. The molecule has 0 unspecified atom stereocenters. The molecule has 5 nitrogen and oxygen atoms in total. The van der Waals surface area contributed by atoms with E-state index in [9.17, 15) is 4.79 Å². The van der Waals surface area contributed by atoms with Crippen LogP contribution in [0.4, 0.5) is 5.69 Å². The van der Waals surface area contributed by atoms with Gasteiger partial charge in [0.25, 0.3) is 0 Å². The number of thiazole rings is 1. The topological polar surface area (TPSA) is 70.2 Å². The van der Waals surface area contributed by atoms with Crippen LogP contribution in [-0.4, -0.2) is 15.3 Å². The number of rotatable bonds is 4. The van der Waals surface area contributed by atoms with E-state index < -0.39 is 0 Å². The number of carbonyl (C=O) groups excluding carboxylic acids is 1. The average molecular weight is 393 g/mol. The number of hydrogen-bond donors (Lipinski definition) is 1. The second-order valence-corrected chi connectivity index (χ2v) is 7.20. The number of fused-ring (bicyclic) bond motifs is 1. The number of imidazole rings is 1. The predicted octanol–water partition coefficient (Wildman–Crippen LogP) is 4.77. The summed E-state index contributed by atoms with van der Waals surface area (Å²) in [7, 11) is 0. The Morgan fingerprint density at radius 2 is 2.07 bits per heavy atom. The lowest BCUT2D eigenvalue weighted by Crippen LogP contribution is -2.15. The quantitative estimate of drug-likeness (QED) is 0.543. The molecule has 0 aliphatic carbocycles. The summed E-state index contributed by atoms with van der Waals surface area (Å²) in [5, 5.41) is 14.3. The number of carbonyl (C=O) groups is 1. The highest BCUT2D eigenvalue weighted by molar-refractivity contribution is 7.15. The molecule has 2 heterocycles. The number of halogens is 1. The summed E-state index contributed by atoms with van der Waals surface area (Å²) < 4.78 is 1.93. The maximum Gasteiger partial charge on any atom is 0.230 e. The van der Waals surface area contributed by atoms with Crippen LogP contribution in [0.2, 0.25) is 5.02 Å². The third-order valence-corrected chi connectivity index (χ3v) is 5.17. The minimum Gasteiger partial charge on any atom is -0.326 e. The summed E-state index contributed by atoms with van der Waals surface area (Å²) in [6.45, 7) is 0. The second-order valence-electron chi connectivity index (χ2n) is 5.93. The van der Waals surface area contributed by atoms with Crippen LogP contribution in [0.1, 0.15) is 11.3 Å². The van der Waals surface area contributed by atoms with Gasteiger partial charge in [0, 0.05) is 33.5 Å². The number of benzene rings is 2. The van der Waals surface area contributed by atoms with Crippen molar-refractivity contribution in [1.29, 1.82) is 5.26 Å². The van der Waals surface area contributed by atoms with Crippen molar-refractivity contribution in [2.75, 3.05) is 5.32 Å². The lowest BCUT2D eigenvalue weighted by molar-refractivity contribution is -0.115. The van der Waals surface area contributed by atoms with Crippen LogP contribution in [0.3, 0.4) is 0 Å². The monoisotopic (exact) mass is 392 g/mol. The minimum absolute atomic E-state index is 0.127. The van der Waals surface area contributed by atoms with Crippen molar-refractivity contribution < 1.29 is 4.79 Å². The fourth-order valence-corrected chi connectivity index (χ4v) is 3.80. The summed E-state index contributed by atoms with van der Waals surface area (Å²) in [5.41, 5.74) is 3.83. The molecule has 0 saturated heterocycles. The molecule has 7 heteroatoms. The lowest BCUT2D eigenvalue weighted by atomic mass is 10.2. The van der Waals surface area contributed by atoms with E-state index >= 15 is 0 Å². The van der Waals surface area contributed by atoms with Gasteiger partial charge in [0.05, 0.1) is 23.7 Å². The summed E-state index contributed by atoms with van der Waals surface area (Å²) in [6.07, 6.45) is 2.15. The normalized spacial score (nSPS) is 10.7. The summed E-state index contributed by atoms with van der Waals surface area (Å²) >= 11 is 7.55. The van der Waals surface area contributed by atoms with Crippen molar-refractivity contribution in [1.82, 2.24) is 9.38 Å². The molecular weight excluding hydrogens is 380 g/mol. The molecule has 4 aromatic rings. The Morgan fingerprint density at radius 3 is 2.81 bits per heavy atom. The van der Waals surface area contributed by atoms with Gasteiger partial charge in [-0.2, -0.15) is 5.26 Å². The molecule has 0 radical (unpaired) electrons. The number of amides is 1. The van der Waals surface area contributed by atoms with Gasteiger partial charge in [0.15, 0.2) is 4.96 Å². The number of nitriles is 1. The SMILES string of the molecule is N#Cc1ccc(NC(=O)Cc2csc3nc(-c4cccc(Cl)c4)cn23)cc1. The zero-order valence-corrected chi connectivity index (χ0v) is 15.6.